The first-order valence-corrected chi connectivity index (χ1v) is 14.2. The summed E-state index contributed by atoms with van der Waals surface area (Å²) in [5.41, 5.74) is 2.75. The molecule has 40 heavy (non-hydrogen) atoms. The highest BCUT2D eigenvalue weighted by molar-refractivity contribution is 5.88. The highest BCUT2D eigenvalue weighted by atomic mass is 16.5. The van der Waals surface area contributed by atoms with Crippen molar-refractivity contribution in [2.24, 2.45) is 0 Å². The summed E-state index contributed by atoms with van der Waals surface area (Å²) < 4.78 is 14.0. The van der Waals surface area contributed by atoms with Crippen molar-refractivity contribution >= 4 is 23.4 Å². The van der Waals surface area contributed by atoms with Crippen molar-refractivity contribution in [1.82, 2.24) is 25.1 Å². The zero-order valence-corrected chi connectivity index (χ0v) is 23.6. The van der Waals surface area contributed by atoms with Crippen LogP contribution in [0, 0.1) is 0 Å². The van der Waals surface area contributed by atoms with Crippen LogP contribution in [0.15, 0.2) is 53.2 Å². The van der Waals surface area contributed by atoms with Gasteiger partial charge in [-0.2, -0.15) is 0 Å². The lowest BCUT2D eigenvalue weighted by Crippen LogP contribution is -2.38. The minimum atomic E-state index is -0.314. The van der Waals surface area contributed by atoms with E-state index in [0.717, 1.165) is 60.7 Å². The normalized spacial score (nSPS) is 21.2. The number of fused-ring (bicyclic) bond motifs is 2. The molecule has 1 aromatic carbocycles. The molecule has 6 rings (SSSR count). The summed E-state index contributed by atoms with van der Waals surface area (Å²) >= 11 is 0. The second-order valence-corrected chi connectivity index (χ2v) is 11.9. The third kappa shape index (κ3) is 5.22. The molecule has 210 valence electrons. The number of rotatable bonds is 5. The highest BCUT2D eigenvalue weighted by Gasteiger charge is 2.30. The van der Waals surface area contributed by atoms with Crippen LogP contribution in [0.25, 0.3) is 5.65 Å². The Balaban J connectivity index is 1.17. The molecule has 0 spiro atoms. The van der Waals surface area contributed by atoms with Gasteiger partial charge in [0.2, 0.25) is 5.95 Å². The number of carbonyl (C=O) groups excluding carboxylic acids is 1. The number of pyridine rings is 1. The molecule has 3 atom stereocenters. The number of hydrogen-bond acceptors (Lipinski definition) is 7. The van der Waals surface area contributed by atoms with Crippen LogP contribution in [-0.2, 0) is 5.41 Å². The molecular formula is C30H37N7O3. The van der Waals surface area contributed by atoms with Crippen LogP contribution in [0.1, 0.15) is 88.8 Å². The van der Waals surface area contributed by atoms with Crippen LogP contribution in [0.3, 0.4) is 0 Å². The largest absolute Gasteiger partial charge is 0.484 e. The van der Waals surface area contributed by atoms with E-state index in [4.69, 9.17) is 9.26 Å². The Kier molecular flexibility index (Phi) is 6.85. The van der Waals surface area contributed by atoms with Gasteiger partial charge in [-0.15, -0.1) is 10.2 Å². The Bertz CT molecular complexity index is 1500. The zero-order chi connectivity index (χ0) is 27.9. The maximum Gasteiger partial charge on any atom is 0.320 e. The number of urea groups is 1. The third-order valence-electron chi connectivity index (χ3n) is 7.93. The SMILES string of the molecule is CC1CCCCN1c1nnc2ccc(O[C@@H]3CC[C@H](NC(=O)Nc4cc(C(C)(C)C)on4)c4ccccc43)cn12. The first-order chi connectivity index (χ1) is 19.3. The van der Waals surface area contributed by atoms with Gasteiger partial charge in [0.15, 0.2) is 11.5 Å². The third-order valence-corrected chi connectivity index (χ3v) is 7.93. The Morgan fingerprint density at radius 1 is 1.05 bits per heavy atom. The van der Waals surface area contributed by atoms with Crippen LogP contribution >= 0.6 is 0 Å². The van der Waals surface area contributed by atoms with E-state index in [-0.39, 0.29) is 23.6 Å². The van der Waals surface area contributed by atoms with E-state index in [1.807, 2.05) is 55.6 Å². The van der Waals surface area contributed by atoms with E-state index in [2.05, 4.69) is 49.9 Å². The number of aromatic nitrogens is 4. The predicted octanol–water partition coefficient (Wildman–Crippen LogP) is 6.17. The Morgan fingerprint density at radius 2 is 1.88 bits per heavy atom. The van der Waals surface area contributed by atoms with Gasteiger partial charge in [0.05, 0.1) is 12.2 Å². The topological polar surface area (TPSA) is 110 Å². The summed E-state index contributed by atoms with van der Waals surface area (Å²) in [6, 6.07) is 13.8. The fourth-order valence-corrected chi connectivity index (χ4v) is 5.71. The number of hydrogen-bond donors (Lipinski definition) is 2. The molecule has 0 bridgehead atoms. The highest BCUT2D eigenvalue weighted by Crippen LogP contribution is 2.39. The molecule has 10 heteroatoms. The van der Waals surface area contributed by atoms with Crippen molar-refractivity contribution in [3.05, 3.63) is 65.5 Å². The van der Waals surface area contributed by atoms with E-state index in [1.165, 1.54) is 6.42 Å². The Hall–Kier alpha value is -4.08. The monoisotopic (exact) mass is 543 g/mol. The van der Waals surface area contributed by atoms with Crippen molar-refractivity contribution in [1.29, 1.82) is 0 Å². The number of amides is 2. The number of nitrogens with zero attached hydrogens (tertiary/aromatic N) is 5. The number of anilines is 2. The van der Waals surface area contributed by atoms with Crippen molar-refractivity contribution in [2.45, 2.75) is 83.4 Å². The van der Waals surface area contributed by atoms with Crippen LogP contribution in [0.5, 0.6) is 5.75 Å². The fraction of sp³-hybridized carbons (Fsp3) is 0.467. The van der Waals surface area contributed by atoms with Crippen LogP contribution in [0.4, 0.5) is 16.6 Å². The lowest BCUT2D eigenvalue weighted by Gasteiger charge is -2.33. The van der Waals surface area contributed by atoms with Crippen LogP contribution in [-0.4, -0.2) is 38.4 Å². The van der Waals surface area contributed by atoms with Gasteiger partial charge in [0.25, 0.3) is 0 Å². The Morgan fingerprint density at radius 3 is 2.65 bits per heavy atom. The average Bonchev–Trinajstić information content (AvgIpc) is 3.58. The van der Waals surface area contributed by atoms with Gasteiger partial charge in [-0.05, 0) is 62.3 Å². The number of benzene rings is 1. The molecule has 1 aliphatic carbocycles. The number of ether oxygens (including phenoxy) is 1. The van der Waals surface area contributed by atoms with Crippen molar-refractivity contribution in [3.8, 4) is 5.75 Å². The fourth-order valence-electron chi connectivity index (χ4n) is 5.71. The molecule has 2 N–H and O–H groups in total. The van der Waals surface area contributed by atoms with Gasteiger partial charge in [-0.1, -0.05) is 50.2 Å². The van der Waals surface area contributed by atoms with Crippen molar-refractivity contribution in [3.63, 3.8) is 0 Å². The quantitative estimate of drug-likeness (QED) is 0.310. The van der Waals surface area contributed by atoms with E-state index < -0.39 is 0 Å². The molecule has 1 fully saturated rings. The lowest BCUT2D eigenvalue weighted by atomic mass is 9.85. The van der Waals surface area contributed by atoms with Gasteiger partial charge in [-0.25, -0.2) is 4.79 Å². The molecule has 0 saturated carbocycles. The van der Waals surface area contributed by atoms with E-state index in [9.17, 15) is 4.79 Å². The van der Waals surface area contributed by atoms with Crippen LogP contribution < -0.4 is 20.3 Å². The smallest absolute Gasteiger partial charge is 0.320 e. The number of nitrogens with one attached hydrogen (secondary N) is 2. The summed E-state index contributed by atoms with van der Waals surface area (Å²) in [6.07, 6.45) is 6.94. The zero-order valence-electron chi connectivity index (χ0n) is 23.6. The summed E-state index contributed by atoms with van der Waals surface area (Å²) in [5, 5.41) is 18.8. The maximum absolute atomic E-state index is 12.9. The standard InChI is InChI=1S/C30H37N7O3/c1-19-9-7-8-16-36(19)29-34-33-27-15-12-20(18-37(27)29)39-24-14-13-23(21-10-5-6-11-22(21)24)31-28(38)32-26-17-25(40-35-26)30(2,3)4/h5-6,10-12,15,17-19,23-24H,7-9,13-14,16H2,1-4H3,(H2,31,32,35,38)/t19?,23-,24+/m0/s1. The molecular weight excluding hydrogens is 506 g/mol. The molecule has 3 aromatic heterocycles. The van der Waals surface area contributed by atoms with Gasteiger partial charge in [-0.3, -0.25) is 9.72 Å². The molecule has 1 saturated heterocycles. The van der Waals surface area contributed by atoms with Gasteiger partial charge in [0.1, 0.15) is 17.6 Å². The minimum Gasteiger partial charge on any atom is -0.484 e. The first kappa shape index (κ1) is 26.2. The minimum absolute atomic E-state index is 0.131. The number of carbonyl (C=O) groups is 1. The average molecular weight is 544 g/mol. The molecule has 4 aromatic rings. The second kappa shape index (κ2) is 10.5. The summed E-state index contributed by atoms with van der Waals surface area (Å²) in [5.74, 6) is 2.75. The molecule has 1 aliphatic heterocycles. The Labute approximate surface area is 234 Å². The van der Waals surface area contributed by atoms with Gasteiger partial charge < -0.3 is 19.5 Å². The molecule has 4 heterocycles. The first-order valence-electron chi connectivity index (χ1n) is 14.2. The van der Waals surface area contributed by atoms with Gasteiger partial charge in [0, 0.05) is 24.1 Å². The molecule has 2 amide bonds. The molecule has 1 unspecified atom stereocenters. The summed E-state index contributed by atoms with van der Waals surface area (Å²) in [4.78, 5) is 15.2. The molecule has 10 nitrogen and oxygen atoms in total. The number of piperidine rings is 1. The maximum atomic E-state index is 12.9. The summed E-state index contributed by atoms with van der Waals surface area (Å²) in [6.45, 7) is 9.34. The van der Waals surface area contributed by atoms with Crippen molar-refractivity contribution in [2.75, 3.05) is 16.8 Å². The van der Waals surface area contributed by atoms with E-state index in [0.29, 0.717) is 17.6 Å². The summed E-state index contributed by atoms with van der Waals surface area (Å²) in [7, 11) is 0. The lowest BCUT2D eigenvalue weighted by molar-refractivity contribution is 0.171. The van der Waals surface area contributed by atoms with Gasteiger partial charge >= 0.3 is 6.03 Å². The molecule has 2 aliphatic rings. The predicted molar refractivity (Wildman–Crippen MR) is 153 cm³/mol. The second-order valence-electron chi connectivity index (χ2n) is 11.9. The van der Waals surface area contributed by atoms with Crippen molar-refractivity contribution < 1.29 is 14.1 Å². The van der Waals surface area contributed by atoms with E-state index >= 15 is 0 Å². The van der Waals surface area contributed by atoms with E-state index in [1.54, 1.807) is 6.07 Å². The molecule has 0 radical (unpaired) electrons. The van der Waals surface area contributed by atoms with Crippen LogP contribution in [0.2, 0.25) is 0 Å².